The van der Waals surface area contributed by atoms with E-state index in [9.17, 15) is 9.59 Å². The monoisotopic (exact) mass is 275 g/mol. The molecule has 0 aromatic heterocycles. The molecule has 2 amide bonds. The van der Waals surface area contributed by atoms with Crippen molar-refractivity contribution in [2.24, 2.45) is 5.73 Å². The molecule has 5 nitrogen and oxygen atoms in total. The van der Waals surface area contributed by atoms with Crippen LogP contribution in [0.3, 0.4) is 0 Å². The molecule has 108 valence electrons. The maximum Gasteiger partial charge on any atom is 0.248 e. The van der Waals surface area contributed by atoms with Crippen molar-refractivity contribution in [1.29, 1.82) is 0 Å². The van der Waals surface area contributed by atoms with E-state index in [1.165, 1.54) is 0 Å². The summed E-state index contributed by atoms with van der Waals surface area (Å²) >= 11 is 0. The van der Waals surface area contributed by atoms with Gasteiger partial charge in [0.15, 0.2) is 0 Å². The second kappa shape index (κ2) is 6.52. The minimum Gasteiger partial charge on any atom is -0.366 e. The van der Waals surface area contributed by atoms with Crippen LogP contribution in [0.15, 0.2) is 24.3 Å². The van der Waals surface area contributed by atoms with E-state index < -0.39 is 5.91 Å². The molecule has 2 rings (SSSR count). The SMILES string of the molecule is CC(CN1CCCC1=O)NCc1ccc(C(N)=O)cc1. The first kappa shape index (κ1) is 14.5. The van der Waals surface area contributed by atoms with Crippen molar-refractivity contribution in [1.82, 2.24) is 10.2 Å². The number of carbonyl (C=O) groups is 2. The van der Waals surface area contributed by atoms with Gasteiger partial charge in [-0.05, 0) is 31.0 Å². The molecule has 1 aliphatic heterocycles. The maximum atomic E-state index is 11.5. The lowest BCUT2D eigenvalue weighted by Gasteiger charge is -2.21. The predicted molar refractivity (Wildman–Crippen MR) is 77.1 cm³/mol. The van der Waals surface area contributed by atoms with Gasteiger partial charge in [0.2, 0.25) is 11.8 Å². The van der Waals surface area contributed by atoms with Crippen LogP contribution in [-0.4, -0.2) is 35.8 Å². The number of likely N-dealkylation sites (tertiary alicyclic amines) is 1. The lowest BCUT2D eigenvalue weighted by atomic mass is 10.1. The van der Waals surface area contributed by atoms with E-state index in [4.69, 9.17) is 5.73 Å². The summed E-state index contributed by atoms with van der Waals surface area (Å²) in [5.74, 6) is -0.158. The normalized spacial score (nSPS) is 16.4. The lowest BCUT2D eigenvalue weighted by molar-refractivity contribution is -0.127. The summed E-state index contributed by atoms with van der Waals surface area (Å²) in [5, 5.41) is 3.38. The number of benzene rings is 1. The fraction of sp³-hybridized carbons (Fsp3) is 0.467. The van der Waals surface area contributed by atoms with Gasteiger partial charge in [-0.1, -0.05) is 12.1 Å². The molecule has 0 bridgehead atoms. The summed E-state index contributed by atoms with van der Waals surface area (Å²) in [6.45, 7) is 4.40. The standard InChI is InChI=1S/C15H21N3O2/c1-11(10-18-8-2-3-14(18)19)17-9-12-4-6-13(7-5-12)15(16)20/h4-7,11,17H,2-3,8-10H2,1H3,(H2,16,20). The third-order valence-corrected chi connectivity index (χ3v) is 3.56. The predicted octanol–water partition coefficient (Wildman–Crippen LogP) is 0.886. The summed E-state index contributed by atoms with van der Waals surface area (Å²) in [6.07, 6.45) is 1.65. The van der Waals surface area contributed by atoms with Gasteiger partial charge in [-0.3, -0.25) is 9.59 Å². The van der Waals surface area contributed by atoms with E-state index >= 15 is 0 Å². The van der Waals surface area contributed by atoms with Gasteiger partial charge in [-0.15, -0.1) is 0 Å². The van der Waals surface area contributed by atoms with E-state index in [1.54, 1.807) is 12.1 Å². The Morgan fingerprint density at radius 2 is 2.10 bits per heavy atom. The van der Waals surface area contributed by atoms with E-state index in [-0.39, 0.29) is 11.9 Å². The Bertz CT molecular complexity index is 484. The topological polar surface area (TPSA) is 75.4 Å². The van der Waals surface area contributed by atoms with Crippen molar-refractivity contribution in [2.75, 3.05) is 13.1 Å². The number of carbonyl (C=O) groups excluding carboxylic acids is 2. The molecule has 1 fully saturated rings. The Kier molecular flexibility index (Phi) is 4.74. The maximum absolute atomic E-state index is 11.5. The molecule has 1 unspecified atom stereocenters. The first-order chi connectivity index (χ1) is 9.56. The number of hydrogen-bond acceptors (Lipinski definition) is 3. The van der Waals surface area contributed by atoms with Crippen LogP contribution < -0.4 is 11.1 Å². The van der Waals surface area contributed by atoms with E-state index in [2.05, 4.69) is 12.2 Å². The quantitative estimate of drug-likeness (QED) is 0.809. The van der Waals surface area contributed by atoms with Crippen molar-refractivity contribution in [2.45, 2.75) is 32.4 Å². The molecule has 0 saturated carbocycles. The molecule has 0 spiro atoms. The first-order valence-electron chi connectivity index (χ1n) is 6.96. The summed E-state index contributed by atoms with van der Waals surface area (Å²) < 4.78 is 0. The summed E-state index contributed by atoms with van der Waals surface area (Å²) in [5.41, 5.74) is 6.81. The van der Waals surface area contributed by atoms with E-state index in [0.29, 0.717) is 18.5 Å². The third kappa shape index (κ3) is 3.81. The van der Waals surface area contributed by atoms with Gasteiger partial charge in [-0.25, -0.2) is 0 Å². The van der Waals surface area contributed by atoms with Crippen LogP contribution in [0.5, 0.6) is 0 Å². The van der Waals surface area contributed by atoms with Gasteiger partial charge in [-0.2, -0.15) is 0 Å². The molecule has 1 aromatic carbocycles. The molecule has 1 atom stereocenters. The van der Waals surface area contributed by atoms with Crippen LogP contribution in [0.2, 0.25) is 0 Å². The van der Waals surface area contributed by atoms with Gasteiger partial charge >= 0.3 is 0 Å². The minimum absolute atomic E-state index is 0.243. The largest absolute Gasteiger partial charge is 0.366 e. The number of amides is 2. The first-order valence-corrected chi connectivity index (χ1v) is 6.96. The molecule has 3 N–H and O–H groups in total. The average Bonchev–Trinajstić information content (AvgIpc) is 2.82. The van der Waals surface area contributed by atoms with Crippen LogP contribution >= 0.6 is 0 Å². The number of primary amides is 1. The Hall–Kier alpha value is -1.88. The Morgan fingerprint density at radius 3 is 2.65 bits per heavy atom. The zero-order valence-corrected chi connectivity index (χ0v) is 11.8. The lowest BCUT2D eigenvalue weighted by Crippen LogP contribution is -2.39. The number of nitrogens with two attached hydrogens (primary N) is 1. The highest BCUT2D eigenvalue weighted by Gasteiger charge is 2.21. The Labute approximate surface area is 119 Å². The smallest absolute Gasteiger partial charge is 0.248 e. The van der Waals surface area contributed by atoms with Crippen LogP contribution in [0, 0.1) is 0 Å². The second-order valence-electron chi connectivity index (χ2n) is 5.29. The van der Waals surface area contributed by atoms with Gasteiger partial charge in [0.05, 0.1) is 0 Å². The fourth-order valence-electron chi connectivity index (χ4n) is 2.37. The summed E-state index contributed by atoms with van der Waals surface area (Å²) in [7, 11) is 0. The zero-order chi connectivity index (χ0) is 14.5. The van der Waals surface area contributed by atoms with Crippen molar-refractivity contribution in [3.63, 3.8) is 0 Å². The van der Waals surface area contributed by atoms with Gasteiger partial charge in [0.1, 0.15) is 0 Å². The number of hydrogen-bond donors (Lipinski definition) is 2. The third-order valence-electron chi connectivity index (χ3n) is 3.56. The molecule has 5 heteroatoms. The van der Waals surface area contributed by atoms with E-state index in [1.807, 2.05) is 17.0 Å². The van der Waals surface area contributed by atoms with Crippen LogP contribution in [-0.2, 0) is 11.3 Å². The highest BCUT2D eigenvalue weighted by Crippen LogP contribution is 2.10. The van der Waals surface area contributed by atoms with Gasteiger partial charge < -0.3 is 16.0 Å². The molecular formula is C15H21N3O2. The zero-order valence-electron chi connectivity index (χ0n) is 11.8. The molecule has 0 radical (unpaired) electrons. The van der Waals surface area contributed by atoms with Crippen LogP contribution in [0.25, 0.3) is 0 Å². The fourth-order valence-corrected chi connectivity index (χ4v) is 2.37. The highest BCUT2D eigenvalue weighted by atomic mass is 16.2. The van der Waals surface area contributed by atoms with Gasteiger partial charge in [0.25, 0.3) is 0 Å². The number of nitrogens with one attached hydrogen (secondary N) is 1. The van der Waals surface area contributed by atoms with Crippen LogP contribution in [0.4, 0.5) is 0 Å². The molecule has 1 saturated heterocycles. The molecule has 0 aliphatic carbocycles. The summed E-state index contributed by atoms with van der Waals surface area (Å²) in [6, 6.07) is 7.48. The number of nitrogens with zero attached hydrogens (tertiary/aromatic N) is 1. The Morgan fingerprint density at radius 1 is 1.40 bits per heavy atom. The molecule has 1 aliphatic rings. The molecular weight excluding hydrogens is 254 g/mol. The van der Waals surface area contributed by atoms with E-state index in [0.717, 1.165) is 25.1 Å². The van der Waals surface area contributed by atoms with Crippen molar-refractivity contribution >= 4 is 11.8 Å². The molecule has 1 aromatic rings. The second-order valence-corrected chi connectivity index (χ2v) is 5.29. The molecule has 1 heterocycles. The minimum atomic E-state index is -0.412. The highest BCUT2D eigenvalue weighted by molar-refractivity contribution is 5.92. The van der Waals surface area contributed by atoms with Gasteiger partial charge in [0, 0.05) is 37.7 Å². The van der Waals surface area contributed by atoms with Crippen molar-refractivity contribution in [3.8, 4) is 0 Å². The Balaban J connectivity index is 1.79. The van der Waals surface area contributed by atoms with Crippen molar-refractivity contribution in [3.05, 3.63) is 35.4 Å². The van der Waals surface area contributed by atoms with Crippen LogP contribution in [0.1, 0.15) is 35.7 Å². The average molecular weight is 275 g/mol. The summed E-state index contributed by atoms with van der Waals surface area (Å²) in [4.78, 5) is 24.4. The molecule has 20 heavy (non-hydrogen) atoms. The van der Waals surface area contributed by atoms with Crippen molar-refractivity contribution < 1.29 is 9.59 Å². The number of rotatable bonds is 6.